The molecular weight excluding hydrogens is 273 g/mol. The summed E-state index contributed by atoms with van der Waals surface area (Å²) < 4.78 is 109. The molecule has 0 N–H and O–H groups in total. The van der Waals surface area contributed by atoms with Crippen LogP contribution in [-0.2, 0) is 9.31 Å². The molecule has 1 aromatic heterocycles. The van der Waals surface area contributed by atoms with E-state index in [4.69, 9.17) is 30.5 Å². The van der Waals surface area contributed by atoms with Crippen LogP contribution in [0, 0.1) is 0 Å². The van der Waals surface area contributed by atoms with Crippen LogP contribution in [-0.4, -0.2) is 29.9 Å². The summed E-state index contributed by atoms with van der Waals surface area (Å²) in [5.74, 6) is -3.26. The van der Waals surface area contributed by atoms with Crippen LogP contribution in [0.5, 0.6) is 5.19 Å². The maximum absolute atomic E-state index is 8.48. The van der Waals surface area contributed by atoms with Gasteiger partial charge in [0.25, 0.3) is 5.19 Å². The molecule has 20 heavy (non-hydrogen) atoms. The highest BCUT2D eigenvalue weighted by molar-refractivity contribution is 7.23. The highest BCUT2D eigenvalue weighted by atomic mass is 32.1. The van der Waals surface area contributed by atoms with Crippen molar-refractivity contribution in [3.8, 4) is 5.19 Å². The summed E-state index contributed by atoms with van der Waals surface area (Å²) in [7, 11) is -1.35. The Morgan fingerprint density at radius 2 is 2.05 bits per heavy atom. The summed E-state index contributed by atoms with van der Waals surface area (Å²) in [6.07, 6.45) is 0. The Morgan fingerprint density at radius 3 is 2.60 bits per heavy atom. The Balaban J connectivity index is 2.74. The Morgan fingerprint density at radius 1 is 1.40 bits per heavy atom. The van der Waals surface area contributed by atoms with Crippen molar-refractivity contribution in [3.63, 3.8) is 0 Å². The van der Waals surface area contributed by atoms with Crippen molar-refractivity contribution in [2.45, 2.75) is 65.3 Å². The molecule has 0 amide bonds. The molecule has 0 radical (unpaired) electrons. The van der Waals surface area contributed by atoms with Crippen LogP contribution < -0.4 is 9.51 Å². The topological polar surface area (TPSA) is 40.6 Å². The largest absolute Gasteiger partial charge is 0.507 e. The molecule has 1 aromatic rings. The standard InChI is InChI=1S/C14H24BNO3S/c1-8-17-12-16-10(9(2)3)11(20-12)15-18-13(4,5)14(6,7)19-15/h9H,8H2,1-7H3/i1D3,2D3,3D3,8D2,9D. The van der Waals surface area contributed by atoms with E-state index < -0.39 is 62.2 Å². The predicted octanol–water partition coefficient (Wildman–Crippen LogP) is 2.96. The first-order chi connectivity index (χ1) is 13.9. The summed E-state index contributed by atoms with van der Waals surface area (Å²) >= 11 is 0.467. The molecule has 4 nitrogen and oxygen atoms in total. The lowest BCUT2D eigenvalue weighted by molar-refractivity contribution is 0.00578. The fourth-order valence-electron chi connectivity index (χ4n) is 1.69. The molecule has 112 valence electrons. The number of hydrogen-bond donors (Lipinski definition) is 0. The number of aromatic nitrogens is 1. The third-order valence-corrected chi connectivity index (χ3v) is 4.43. The molecule has 0 spiro atoms. The van der Waals surface area contributed by atoms with E-state index in [9.17, 15) is 0 Å². The number of hydrogen-bond acceptors (Lipinski definition) is 5. The lowest BCUT2D eigenvalue weighted by Gasteiger charge is -2.32. The molecule has 1 saturated heterocycles. The molecule has 2 rings (SSSR count). The minimum absolute atomic E-state index is 0.234. The molecule has 1 aliphatic heterocycles. The minimum Gasteiger partial charge on any atom is -0.470 e. The Kier molecular flexibility index (Phi) is 1.67. The summed E-state index contributed by atoms with van der Waals surface area (Å²) in [6.45, 7) is -6.47. The fraction of sp³-hybridized carbons (Fsp3) is 0.786. The van der Waals surface area contributed by atoms with E-state index in [1.807, 2.05) is 0 Å². The zero-order chi connectivity index (χ0) is 25.3. The Labute approximate surface area is 142 Å². The van der Waals surface area contributed by atoms with E-state index in [0.717, 1.165) is 0 Å². The molecule has 0 unspecified atom stereocenters. The highest BCUT2D eigenvalue weighted by Crippen LogP contribution is 2.38. The number of rotatable bonds is 4. The molecule has 0 atom stereocenters. The van der Waals surface area contributed by atoms with Gasteiger partial charge in [0, 0.05) is 13.7 Å². The maximum atomic E-state index is 8.48. The van der Waals surface area contributed by atoms with Gasteiger partial charge in [0.2, 0.25) is 0 Å². The van der Waals surface area contributed by atoms with Crippen molar-refractivity contribution in [2.24, 2.45) is 0 Å². The van der Waals surface area contributed by atoms with Gasteiger partial charge < -0.3 is 14.0 Å². The third-order valence-electron chi connectivity index (χ3n) is 3.48. The van der Waals surface area contributed by atoms with Crippen LogP contribution in [0.1, 0.15) is 76.3 Å². The highest BCUT2D eigenvalue weighted by Gasteiger charge is 2.53. The molecule has 0 saturated carbocycles. The molecule has 0 aromatic carbocycles. The smallest absolute Gasteiger partial charge is 0.470 e. The van der Waals surface area contributed by atoms with Crippen LogP contribution in [0.3, 0.4) is 0 Å². The van der Waals surface area contributed by atoms with Crippen LogP contribution >= 0.6 is 11.3 Å². The van der Waals surface area contributed by atoms with Crippen molar-refractivity contribution in [1.29, 1.82) is 0 Å². The second-order valence-electron chi connectivity index (χ2n) is 5.36. The van der Waals surface area contributed by atoms with Crippen LogP contribution in [0.2, 0.25) is 0 Å². The first-order valence-electron chi connectivity index (χ1n) is 11.9. The minimum atomic E-state index is -3.40. The van der Waals surface area contributed by atoms with Crippen molar-refractivity contribution >= 4 is 23.2 Å². The van der Waals surface area contributed by atoms with Crippen molar-refractivity contribution < 1.29 is 30.5 Å². The van der Waals surface area contributed by atoms with Crippen LogP contribution in [0.25, 0.3) is 0 Å². The van der Waals surface area contributed by atoms with E-state index in [1.54, 1.807) is 27.7 Å². The van der Waals surface area contributed by atoms with Crippen molar-refractivity contribution in [3.05, 3.63) is 5.69 Å². The second kappa shape index (κ2) is 5.32. The SMILES string of the molecule is [2H]C([2H])([2H])C([2H])([2H])Oc1nc(C([2H])(C([2H])([2H])[2H])C([2H])([2H])[2H])c(B2OC(C)(C)C(C)(C)O2)s1. The van der Waals surface area contributed by atoms with Crippen molar-refractivity contribution in [2.75, 3.05) is 6.56 Å². The number of nitrogens with zero attached hydrogens (tertiary/aromatic N) is 1. The third kappa shape index (κ3) is 2.74. The predicted molar refractivity (Wildman–Crippen MR) is 83.1 cm³/mol. The quantitative estimate of drug-likeness (QED) is 0.802. The van der Waals surface area contributed by atoms with Gasteiger partial charge in [-0.05, 0) is 40.4 Å². The lowest BCUT2D eigenvalue weighted by atomic mass is 9.84. The van der Waals surface area contributed by atoms with E-state index in [2.05, 4.69) is 4.98 Å². The first kappa shape index (κ1) is 6.27. The molecule has 2 heterocycles. The van der Waals surface area contributed by atoms with Gasteiger partial charge in [-0.2, -0.15) is 0 Å². The first-order valence-corrected chi connectivity index (χ1v) is 6.75. The Hall–Kier alpha value is -0.585. The van der Waals surface area contributed by atoms with Crippen molar-refractivity contribution in [1.82, 2.24) is 4.98 Å². The zero-order valence-electron chi connectivity index (χ0n) is 23.7. The van der Waals surface area contributed by atoms with Gasteiger partial charge in [-0.1, -0.05) is 25.0 Å². The monoisotopic (exact) mass is 309 g/mol. The van der Waals surface area contributed by atoms with E-state index in [-0.39, 0.29) is 4.78 Å². The van der Waals surface area contributed by atoms with Crippen LogP contribution in [0.4, 0.5) is 0 Å². The molecule has 0 bridgehead atoms. The van der Waals surface area contributed by atoms with Crippen LogP contribution in [0.15, 0.2) is 0 Å². The van der Waals surface area contributed by atoms with Gasteiger partial charge in [0.05, 0.1) is 31.0 Å². The molecule has 0 aliphatic carbocycles. The van der Waals surface area contributed by atoms with Gasteiger partial charge in [0.1, 0.15) is 0 Å². The summed E-state index contributed by atoms with van der Waals surface area (Å²) in [5.41, 5.74) is -2.62. The summed E-state index contributed by atoms with van der Waals surface area (Å²) in [5, 5.41) is -0.670. The zero-order valence-corrected chi connectivity index (χ0v) is 12.5. The van der Waals surface area contributed by atoms with E-state index >= 15 is 0 Å². The molecule has 6 heteroatoms. The maximum Gasteiger partial charge on any atom is 0.507 e. The number of thiazole rings is 1. The van der Waals surface area contributed by atoms with Gasteiger partial charge in [-0.3, -0.25) is 0 Å². The summed E-state index contributed by atoms with van der Waals surface area (Å²) in [4.78, 5) is 3.79. The fourth-order valence-corrected chi connectivity index (χ4v) is 2.53. The Bertz CT molecular complexity index is 831. The average Bonchev–Trinajstić information content (AvgIpc) is 3.01. The molecular formula is C14H24BNO3S. The van der Waals surface area contributed by atoms with Gasteiger partial charge >= 0.3 is 7.12 Å². The van der Waals surface area contributed by atoms with E-state index in [1.165, 1.54) is 0 Å². The van der Waals surface area contributed by atoms with Gasteiger partial charge in [-0.15, -0.1) is 0 Å². The summed E-state index contributed by atoms with van der Waals surface area (Å²) in [6, 6.07) is 0. The average molecular weight is 309 g/mol. The molecule has 1 aliphatic rings. The van der Waals surface area contributed by atoms with Gasteiger partial charge in [0.15, 0.2) is 0 Å². The van der Waals surface area contributed by atoms with E-state index in [0.29, 0.717) is 11.3 Å². The normalized spacial score (nSPS) is 32.7. The second-order valence-corrected chi connectivity index (χ2v) is 6.35. The number of ether oxygens (including phenoxy) is 1. The lowest BCUT2D eigenvalue weighted by Crippen LogP contribution is -2.41. The van der Waals surface area contributed by atoms with Gasteiger partial charge in [-0.25, -0.2) is 4.98 Å². The molecule has 1 fully saturated rings.